The summed E-state index contributed by atoms with van der Waals surface area (Å²) in [6, 6.07) is 7.13. The first-order valence-corrected chi connectivity index (χ1v) is 5.66. The van der Waals surface area contributed by atoms with E-state index in [2.05, 4.69) is 4.74 Å². The molecule has 0 unspecified atom stereocenters. The zero-order chi connectivity index (χ0) is 12.8. The Morgan fingerprint density at radius 1 is 1.18 bits per heavy atom. The molecule has 0 radical (unpaired) electrons. The molecule has 0 heterocycles. The zero-order valence-electron chi connectivity index (χ0n) is 10.4. The van der Waals surface area contributed by atoms with Gasteiger partial charge in [-0.1, -0.05) is 12.1 Å². The molecule has 0 amide bonds. The van der Waals surface area contributed by atoms with Gasteiger partial charge in [0.05, 0.1) is 11.3 Å². The van der Waals surface area contributed by atoms with E-state index in [-0.39, 0.29) is 0 Å². The van der Waals surface area contributed by atoms with E-state index in [1.165, 1.54) is 6.92 Å². The van der Waals surface area contributed by atoms with Gasteiger partial charge in [0.15, 0.2) is 0 Å². The standard InChI is InChI=1S/C13H17NO3/c1-4-14(5-2)12-9-7-6-8-11(12)13(16)17-10(3)15/h6-9H,4-5H2,1-3H3. The fourth-order valence-electron chi connectivity index (χ4n) is 1.67. The summed E-state index contributed by atoms with van der Waals surface area (Å²) in [7, 11) is 0. The maximum atomic E-state index is 11.7. The molecule has 0 fully saturated rings. The predicted octanol–water partition coefficient (Wildman–Crippen LogP) is 2.24. The lowest BCUT2D eigenvalue weighted by atomic mass is 10.1. The Kier molecular flexibility index (Phi) is 4.69. The summed E-state index contributed by atoms with van der Waals surface area (Å²) in [4.78, 5) is 24.6. The number of para-hydroxylation sites is 1. The Morgan fingerprint density at radius 2 is 1.76 bits per heavy atom. The fourth-order valence-corrected chi connectivity index (χ4v) is 1.67. The van der Waals surface area contributed by atoms with Crippen LogP contribution in [0.15, 0.2) is 24.3 Å². The van der Waals surface area contributed by atoms with Gasteiger partial charge in [-0.2, -0.15) is 0 Å². The summed E-state index contributed by atoms with van der Waals surface area (Å²) < 4.78 is 4.61. The highest BCUT2D eigenvalue weighted by molar-refractivity contribution is 6.00. The van der Waals surface area contributed by atoms with Gasteiger partial charge in [0, 0.05) is 20.0 Å². The molecule has 17 heavy (non-hydrogen) atoms. The molecule has 4 heteroatoms. The molecule has 0 atom stereocenters. The lowest BCUT2D eigenvalue weighted by Crippen LogP contribution is -2.24. The molecule has 0 saturated heterocycles. The largest absolute Gasteiger partial charge is 0.390 e. The van der Waals surface area contributed by atoms with Crippen molar-refractivity contribution in [2.75, 3.05) is 18.0 Å². The van der Waals surface area contributed by atoms with E-state index in [0.717, 1.165) is 18.8 Å². The third-order valence-corrected chi connectivity index (χ3v) is 2.46. The van der Waals surface area contributed by atoms with Crippen LogP contribution in [-0.2, 0) is 9.53 Å². The van der Waals surface area contributed by atoms with Gasteiger partial charge in [-0.25, -0.2) is 4.79 Å². The molecular weight excluding hydrogens is 218 g/mol. The van der Waals surface area contributed by atoms with E-state index < -0.39 is 11.9 Å². The predicted molar refractivity (Wildman–Crippen MR) is 66.1 cm³/mol. The fraction of sp³-hybridized carbons (Fsp3) is 0.385. The van der Waals surface area contributed by atoms with E-state index in [1.807, 2.05) is 30.9 Å². The normalized spacial score (nSPS) is 9.82. The van der Waals surface area contributed by atoms with Crippen molar-refractivity contribution in [3.05, 3.63) is 29.8 Å². The van der Waals surface area contributed by atoms with Crippen LogP contribution in [0.2, 0.25) is 0 Å². The molecular formula is C13H17NO3. The first-order valence-electron chi connectivity index (χ1n) is 5.66. The van der Waals surface area contributed by atoms with Gasteiger partial charge >= 0.3 is 11.9 Å². The number of benzene rings is 1. The van der Waals surface area contributed by atoms with Crippen molar-refractivity contribution in [1.82, 2.24) is 0 Å². The van der Waals surface area contributed by atoms with Crippen molar-refractivity contribution in [1.29, 1.82) is 0 Å². The number of anilines is 1. The average molecular weight is 235 g/mol. The lowest BCUT2D eigenvalue weighted by molar-refractivity contribution is -0.135. The third kappa shape index (κ3) is 3.31. The molecule has 1 rings (SSSR count). The van der Waals surface area contributed by atoms with Crippen LogP contribution in [0.5, 0.6) is 0 Å². The van der Waals surface area contributed by atoms with Crippen molar-refractivity contribution in [2.45, 2.75) is 20.8 Å². The second kappa shape index (κ2) is 6.03. The molecule has 0 bridgehead atoms. The highest BCUT2D eigenvalue weighted by Crippen LogP contribution is 2.20. The molecule has 0 aliphatic heterocycles. The number of nitrogens with zero attached hydrogens (tertiary/aromatic N) is 1. The number of esters is 2. The highest BCUT2D eigenvalue weighted by Gasteiger charge is 2.16. The molecule has 0 aliphatic rings. The number of carbonyl (C=O) groups excluding carboxylic acids is 2. The minimum absolute atomic E-state index is 0.423. The van der Waals surface area contributed by atoms with Gasteiger partial charge in [-0.05, 0) is 26.0 Å². The van der Waals surface area contributed by atoms with E-state index in [1.54, 1.807) is 12.1 Å². The number of hydrogen-bond acceptors (Lipinski definition) is 4. The molecule has 4 nitrogen and oxygen atoms in total. The third-order valence-electron chi connectivity index (χ3n) is 2.46. The van der Waals surface area contributed by atoms with E-state index in [4.69, 9.17) is 0 Å². The quantitative estimate of drug-likeness (QED) is 0.593. The minimum atomic E-state index is -0.597. The Hall–Kier alpha value is -1.84. The number of carbonyl (C=O) groups is 2. The summed E-state index contributed by atoms with van der Waals surface area (Å²) in [5.41, 5.74) is 1.22. The molecule has 92 valence electrons. The highest BCUT2D eigenvalue weighted by atomic mass is 16.6. The Bertz CT molecular complexity index is 411. The van der Waals surface area contributed by atoms with Gasteiger partial charge in [0.1, 0.15) is 0 Å². The summed E-state index contributed by atoms with van der Waals surface area (Å²) in [6.07, 6.45) is 0. The van der Waals surface area contributed by atoms with Gasteiger partial charge in [0.25, 0.3) is 0 Å². The maximum absolute atomic E-state index is 11.7. The van der Waals surface area contributed by atoms with Crippen LogP contribution in [0, 0.1) is 0 Å². The zero-order valence-corrected chi connectivity index (χ0v) is 10.4. The van der Waals surface area contributed by atoms with E-state index in [9.17, 15) is 9.59 Å². The van der Waals surface area contributed by atoms with Crippen LogP contribution in [0.25, 0.3) is 0 Å². The molecule has 0 N–H and O–H groups in total. The first kappa shape index (κ1) is 13.2. The van der Waals surface area contributed by atoms with Crippen molar-refractivity contribution in [2.24, 2.45) is 0 Å². The minimum Gasteiger partial charge on any atom is -0.390 e. The summed E-state index contributed by atoms with van der Waals surface area (Å²) in [5, 5.41) is 0. The van der Waals surface area contributed by atoms with Gasteiger partial charge in [-0.15, -0.1) is 0 Å². The second-order valence-corrected chi connectivity index (χ2v) is 3.57. The Morgan fingerprint density at radius 3 is 2.29 bits per heavy atom. The molecule has 0 aliphatic carbocycles. The molecule has 0 aromatic heterocycles. The van der Waals surface area contributed by atoms with E-state index >= 15 is 0 Å². The summed E-state index contributed by atoms with van der Waals surface area (Å²) >= 11 is 0. The van der Waals surface area contributed by atoms with Crippen molar-refractivity contribution in [3.63, 3.8) is 0 Å². The van der Waals surface area contributed by atoms with Gasteiger partial charge < -0.3 is 9.64 Å². The smallest absolute Gasteiger partial charge is 0.347 e. The maximum Gasteiger partial charge on any atom is 0.347 e. The number of rotatable bonds is 4. The van der Waals surface area contributed by atoms with Crippen LogP contribution in [-0.4, -0.2) is 25.0 Å². The Balaban J connectivity index is 3.06. The van der Waals surface area contributed by atoms with E-state index in [0.29, 0.717) is 5.56 Å². The number of hydrogen-bond donors (Lipinski definition) is 0. The van der Waals surface area contributed by atoms with Crippen molar-refractivity contribution < 1.29 is 14.3 Å². The van der Waals surface area contributed by atoms with Crippen LogP contribution >= 0.6 is 0 Å². The SMILES string of the molecule is CCN(CC)c1ccccc1C(=O)OC(C)=O. The van der Waals surface area contributed by atoms with Crippen molar-refractivity contribution >= 4 is 17.6 Å². The molecule has 0 spiro atoms. The number of ether oxygens (including phenoxy) is 1. The summed E-state index contributed by atoms with van der Waals surface area (Å²) in [6.45, 7) is 6.83. The average Bonchev–Trinajstić information content (AvgIpc) is 2.30. The van der Waals surface area contributed by atoms with Crippen LogP contribution < -0.4 is 4.90 Å². The lowest BCUT2D eigenvalue weighted by Gasteiger charge is -2.23. The molecule has 1 aromatic rings. The van der Waals surface area contributed by atoms with Gasteiger partial charge in [-0.3, -0.25) is 4.79 Å². The van der Waals surface area contributed by atoms with Crippen molar-refractivity contribution in [3.8, 4) is 0 Å². The van der Waals surface area contributed by atoms with Crippen LogP contribution in [0.3, 0.4) is 0 Å². The monoisotopic (exact) mass is 235 g/mol. The first-order chi connectivity index (χ1) is 8.10. The van der Waals surface area contributed by atoms with Gasteiger partial charge in [0.2, 0.25) is 0 Å². The molecule has 1 aromatic carbocycles. The summed E-state index contributed by atoms with van der Waals surface area (Å²) in [5.74, 6) is -1.19. The van der Waals surface area contributed by atoms with Crippen LogP contribution in [0.4, 0.5) is 5.69 Å². The van der Waals surface area contributed by atoms with Crippen LogP contribution in [0.1, 0.15) is 31.1 Å². The molecule has 0 saturated carbocycles. The topological polar surface area (TPSA) is 46.6 Å². The second-order valence-electron chi connectivity index (χ2n) is 3.57. The Labute approximate surface area is 101 Å².